The minimum atomic E-state index is -0.0129. The molecule has 0 amide bonds. The predicted octanol–water partition coefficient (Wildman–Crippen LogP) is 2.52. The number of fused-ring (bicyclic) bond motifs is 1. The number of aromatic nitrogens is 1. The largest absolute Gasteiger partial charge is 0.378 e. The summed E-state index contributed by atoms with van der Waals surface area (Å²) in [6.07, 6.45) is 1.04. The Morgan fingerprint density at radius 1 is 1.15 bits per heavy atom. The van der Waals surface area contributed by atoms with Gasteiger partial charge in [-0.05, 0) is 29.7 Å². The molecule has 1 aromatic carbocycles. The first kappa shape index (κ1) is 16.9. The van der Waals surface area contributed by atoms with Crippen molar-refractivity contribution >= 4 is 11.5 Å². The monoisotopic (exact) mass is 365 g/mol. The molecule has 3 aliphatic rings. The van der Waals surface area contributed by atoms with Crippen molar-refractivity contribution in [3.63, 3.8) is 0 Å². The molecular formula is C22H27N3O2. The fraction of sp³-hybridized carbons (Fsp3) is 0.500. The summed E-state index contributed by atoms with van der Waals surface area (Å²) in [5.41, 5.74) is 2.38. The number of hydrogen-bond acceptors (Lipinski definition) is 4. The third-order valence-electron chi connectivity index (χ3n) is 6.68. The number of nitrogens with zero attached hydrogens (tertiary/aromatic N) is 2. The van der Waals surface area contributed by atoms with Gasteiger partial charge in [0.1, 0.15) is 5.82 Å². The van der Waals surface area contributed by atoms with E-state index in [2.05, 4.69) is 58.1 Å². The van der Waals surface area contributed by atoms with Crippen LogP contribution in [0.3, 0.4) is 0 Å². The maximum atomic E-state index is 12.4. The molecule has 2 aromatic rings. The van der Waals surface area contributed by atoms with Gasteiger partial charge in [-0.3, -0.25) is 4.79 Å². The van der Waals surface area contributed by atoms with E-state index < -0.39 is 0 Å². The van der Waals surface area contributed by atoms with Crippen LogP contribution in [0.25, 0.3) is 0 Å². The van der Waals surface area contributed by atoms with Crippen LogP contribution in [-0.4, -0.2) is 43.9 Å². The molecule has 1 N–H and O–H groups in total. The molecule has 3 heterocycles. The van der Waals surface area contributed by atoms with Crippen LogP contribution in [0.5, 0.6) is 0 Å². The predicted molar refractivity (Wildman–Crippen MR) is 108 cm³/mol. The van der Waals surface area contributed by atoms with Gasteiger partial charge < -0.3 is 19.5 Å². The maximum Gasteiger partial charge on any atom is 0.251 e. The summed E-state index contributed by atoms with van der Waals surface area (Å²) >= 11 is 0. The molecule has 0 radical (unpaired) electrons. The van der Waals surface area contributed by atoms with Gasteiger partial charge in [0.25, 0.3) is 5.56 Å². The molecule has 0 spiro atoms. The Bertz CT molecular complexity index is 859. The number of nitrogens with one attached hydrogen (secondary N) is 1. The lowest BCUT2D eigenvalue weighted by Gasteiger charge is -2.33. The Balaban J connectivity index is 1.44. The molecule has 5 heteroatoms. The van der Waals surface area contributed by atoms with Crippen molar-refractivity contribution in [3.8, 4) is 0 Å². The fourth-order valence-electron chi connectivity index (χ4n) is 5.13. The van der Waals surface area contributed by atoms with Gasteiger partial charge in [0.15, 0.2) is 0 Å². The topological polar surface area (TPSA) is 48.6 Å². The van der Waals surface area contributed by atoms with Crippen LogP contribution in [0.1, 0.15) is 12.5 Å². The minimum absolute atomic E-state index is 0.0129. The average molecular weight is 365 g/mol. The Labute approximate surface area is 159 Å². The summed E-state index contributed by atoms with van der Waals surface area (Å²) in [7, 11) is 0. The van der Waals surface area contributed by atoms with Gasteiger partial charge in [0.05, 0.1) is 13.2 Å². The molecule has 4 atom stereocenters. The van der Waals surface area contributed by atoms with Crippen molar-refractivity contribution in [2.75, 3.05) is 42.6 Å². The molecule has 1 saturated carbocycles. The normalized spacial score (nSPS) is 29.7. The molecule has 0 bridgehead atoms. The number of benzene rings is 1. The number of anilines is 2. The number of H-pyrrole nitrogens is 1. The van der Waals surface area contributed by atoms with E-state index in [4.69, 9.17) is 4.74 Å². The van der Waals surface area contributed by atoms with E-state index >= 15 is 0 Å². The van der Waals surface area contributed by atoms with Crippen LogP contribution in [0.2, 0.25) is 0 Å². The molecule has 3 unspecified atom stereocenters. The molecular weight excluding hydrogens is 338 g/mol. The first-order valence-electron chi connectivity index (χ1n) is 10.1. The van der Waals surface area contributed by atoms with E-state index in [9.17, 15) is 4.79 Å². The highest BCUT2D eigenvalue weighted by atomic mass is 16.5. The second-order valence-electron chi connectivity index (χ2n) is 8.20. The highest BCUT2D eigenvalue weighted by Crippen LogP contribution is 2.56. The van der Waals surface area contributed by atoms with E-state index in [1.807, 2.05) is 0 Å². The number of hydrogen-bond donors (Lipinski definition) is 1. The Kier molecular flexibility index (Phi) is 4.20. The second kappa shape index (κ2) is 6.71. The molecule has 2 aliphatic heterocycles. The van der Waals surface area contributed by atoms with Gasteiger partial charge in [-0.25, -0.2) is 0 Å². The zero-order valence-corrected chi connectivity index (χ0v) is 15.8. The van der Waals surface area contributed by atoms with Gasteiger partial charge in [-0.15, -0.1) is 0 Å². The van der Waals surface area contributed by atoms with Gasteiger partial charge >= 0.3 is 0 Å². The van der Waals surface area contributed by atoms with Crippen LogP contribution in [-0.2, 0) is 11.2 Å². The third-order valence-corrected chi connectivity index (χ3v) is 6.68. The fourth-order valence-corrected chi connectivity index (χ4v) is 5.13. The van der Waals surface area contributed by atoms with E-state index in [1.165, 1.54) is 5.56 Å². The van der Waals surface area contributed by atoms with Crippen LogP contribution >= 0.6 is 0 Å². The number of rotatable bonds is 4. The molecule has 1 aromatic heterocycles. The minimum Gasteiger partial charge on any atom is -0.378 e. The van der Waals surface area contributed by atoms with Crippen LogP contribution in [0, 0.1) is 17.8 Å². The van der Waals surface area contributed by atoms with Crippen molar-refractivity contribution in [2.24, 2.45) is 17.8 Å². The first-order chi connectivity index (χ1) is 13.2. The molecule has 1 aliphatic carbocycles. The zero-order valence-electron chi connectivity index (χ0n) is 15.8. The zero-order chi connectivity index (χ0) is 18.4. The number of aromatic amines is 1. The number of morpholine rings is 1. The van der Waals surface area contributed by atoms with E-state index in [0.717, 1.165) is 68.5 Å². The van der Waals surface area contributed by atoms with Crippen molar-refractivity contribution in [2.45, 2.75) is 19.4 Å². The van der Waals surface area contributed by atoms with Gasteiger partial charge in [-0.2, -0.15) is 0 Å². The molecule has 3 fully saturated rings. The molecule has 5 rings (SSSR count). The summed E-state index contributed by atoms with van der Waals surface area (Å²) in [6.45, 7) is 6.56. The van der Waals surface area contributed by atoms with Gasteiger partial charge in [0, 0.05) is 43.5 Å². The van der Waals surface area contributed by atoms with Crippen molar-refractivity contribution in [1.29, 1.82) is 0 Å². The Morgan fingerprint density at radius 3 is 2.70 bits per heavy atom. The summed E-state index contributed by atoms with van der Waals surface area (Å²) in [5.74, 6) is 3.27. The van der Waals surface area contributed by atoms with E-state index in [-0.39, 0.29) is 5.56 Å². The highest BCUT2D eigenvalue weighted by Gasteiger charge is 2.58. The number of pyridine rings is 1. The molecule has 142 valence electrons. The number of piperidine rings is 1. The summed E-state index contributed by atoms with van der Waals surface area (Å²) < 4.78 is 5.46. The lowest BCUT2D eigenvalue weighted by Crippen LogP contribution is -2.39. The van der Waals surface area contributed by atoms with Crippen molar-refractivity contribution < 1.29 is 4.74 Å². The Morgan fingerprint density at radius 2 is 1.93 bits per heavy atom. The SMILES string of the molecule is CC1C2CN(c3cc(N4CCOCC4)cc(=O)[nH]3)[C@@H](Cc3ccccc3)C12. The average Bonchev–Trinajstić information content (AvgIpc) is 3.16. The van der Waals surface area contributed by atoms with Crippen LogP contribution in [0.4, 0.5) is 11.5 Å². The van der Waals surface area contributed by atoms with E-state index in [1.54, 1.807) is 6.07 Å². The van der Waals surface area contributed by atoms with Gasteiger partial charge in [-0.1, -0.05) is 37.3 Å². The highest BCUT2D eigenvalue weighted by molar-refractivity contribution is 5.57. The van der Waals surface area contributed by atoms with Gasteiger partial charge in [0.2, 0.25) is 0 Å². The third kappa shape index (κ3) is 3.14. The smallest absolute Gasteiger partial charge is 0.251 e. The standard InChI is InChI=1S/C22H27N3O2/c1-15-18-14-25(19(22(15)18)11-16-5-3-2-4-6-16)20-12-17(13-21(26)23-20)24-7-9-27-10-8-24/h2-6,12-13,15,18-19,22H,7-11,14H2,1H3,(H,23,26)/t15?,18?,19-,22?/m0/s1. The maximum absolute atomic E-state index is 12.4. The van der Waals surface area contributed by atoms with Crippen molar-refractivity contribution in [3.05, 3.63) is 58.4 Å². The van der Waals surface area contributed by atoms with E-state index in [0.29, 0.717) is 6.04 Å². The quantitative estimate of drug-likeness (QED) is 0.905. The van der Waals surface area contributed by atoms with Crippen LogP contribution < -0.4 is 15.4 Å². The van der Waals surface area contributed by atoms with Crippen LogP contribution in [0.15, 0.2) is 47.3 Å². The van der Waals surface area contributed by atoms with Crippen molar-refractivity contribution in [1.82, 2.24) is 4.98 Å². The lowest BCUT2D eigenvalue weighted by atomic mass is 10.0. The lowest BCUT2D eigenvalue weighted by molar-refractivity contribution is 0.122. The second-order valence-corrected chi connectivity index (χ2v) is 8.20. The number of ether oxygens (including phenoxy) is 1. The Hall–Kier alpha value is -2.27. The summed E-state index contributed by atoms with van der Waals surface area (Å²) in [6, 6.07) is 15.1. The summed E-state index contributed by atoms with van der Waals surface area (Å²) in [5, 5.41) is 0. The molecule has 5 nitrogen and oxygen atoms in total. The first-order valence-corrected chi connectivity index (χ1v) is 10.1. The molecule has 2 saturated heterocycles. The summed E-state index contributed by atoms with van der Waals surface area (Å²) in [4.78, 5) is 20.2. The molecule has 27 heavy (non-hydrogen) atoms.